The molecule has 0 atom stereocenters. The van der Waals surface area contributed by atoms with E-state index in [9.17, 15) is 18.0 Å². The second-order valence-corrected chi connectivity index (χ2v) is 7.58. The highest BCUT2D eigenvalue weighted by Crippen LogP contribution is 2.31. The summed E-state index contributed by atoms with van der Waals surface area (Å²) in [4.78, 5) is 21.3. The van der Waals surface area contributed by atoms with Gasteiger partial charge in [0.1, 0.15) is 0 Å². The van der Waals surface area contributed by atoms with Crippen molar-refractivity contribution in [3.05, 3.63) is 75.2 Å². The molecule has 0 aliphatic carbocycles. The van der Waals surface area contributed by atoms with E-state index in [1.807, 2.05) is 0 Å². The van der Waals surface area contributed by atoms with E-state index in [1.54, 1.807) is 48.5 Å². The number of rotatable bonds is 3. The first kappa shape index (κ1) is 19.4. The first-order chi connectivity index (χ1) is 13.7. The number of nitrogens with one attached hydrogen (secondary N) is 1. The van der Waals surface area contributed by atoms with Gasteiger partial charge in [-0.1, -0.05) is 35.1 Å². The molecule has 0 spiro atoms. The third-order valence-corrected chi connectivity index (χ3v) is 5.41. The first-order valence-electron chi connectivity index (χ1n) is 8.33. The van der Waals surface area contributed by atoms with Crippen LogP contribution in [0, 0.1) is 0 Å². The van der Waals surface area contributed by atoms with Crippen LogP contribution in [-0.2, 0) is 6.18 Å². The van der Waals surface area contributed by atoms with Crippen molar-refractivity contribution in [2.24, 2.45) is 4.99 Å². The number of H-pyrrole nitrogens is 1. The molecule has 2 aromatic carbocycles. The van der Waals surface area contributed by atoms with Gasteiger partial charge in [0.05, 0.1) is 27.2 Å². The molecule has 2 aromatic heterocycles. The van der Waals surface area contributed by atoms with Crippen LogP contribution in [0.15, 0.2) is 58.3 Å². The Bertz CT molecular complexity index is 1250. The van der Waals surface area contributed by atoms with E-state index in [2.05, 4.69) is 15.1 Å². The van der Waals surface area contributed by atoms with E-state index in [0.29, 0.717) is 16.2 Å². The number of hydrogen-bond acceptors (Lipinski definition) is 4. The standard InChI is InChI=1S/C19H12ClF3N4OS/c1-10(24-12-8-6-11(20)7-9-12)15-16(19(21,22)23)26-27(17(15)28)18-25-13-4-2-3-5-14(13)29-18/h2-9,26H,1H3. The summed E-state index contributed by atoms with van der Waals surface area (Å²) >= 11 is 6.93. The van der Waals surface area contributed by atoms with Crippen molar-refractivity contribution in [3.8, 4) is 5.13 Å². The Kier molecular flexibility index (Phi) is 4.79. The van der Waals surface area contributed by atoms with Crippen LogP contribution in [0.1, 0.15) is 18.2 Å². The van der Waals surface area contributed by atoms with Crippen molar-refractivity contribution in [2.75, 3.05) is 0 Å². The fraction of sp³-hybridized carbons (Fsp3) is 0.105. The number of alkyl halides is 3. The highest BCUT2D eigenvalue weighted by Gasteiger charge is 2.39. The number of nitrogens with zero attached hydrogens (tertiary/aromatic N) is 3. The number of benzene rings is 2. The zero-order chi connectivity index (χ0) is 20.8. The monoisotopic (exact) mass is 436 g/mol. The van der Waals surface area contributed by atoms with Crippen LogP contribution in [0.5, 0.6) is 0 Å². The van der Waals surface area contributed by atoms with Crippen LogP contribution in [0.4, 0.5) is 18.9 Å². The number of aromatic amines is 1. The van der Waals surface area contributed by atoms with Crippen molar-refractivity contribution in [2.45, 2.75) is 13.1 Å². The lowest BCUT2D eigenvalue weighted by Gasteiger charge is -2.06. The number of para-hydroxylation sites is 1. The molecular formula is C19H12ClF3N4OS. The van der Waals surface area contributed by atoms with Gasteiger partial charge >= 0.3 is 6.18 Å². The summed E-state index contributed by atoms with van der Waals surface area (Å²) in [6.45, 7) is 1.36. The number of aromatic nitrogens is 3. The smallest absolute Gasteiger partial charge is 0.284 e. The molecule has 1 N–H and O–H groups in total. The number of hydrogen-bond donors (Lipinski definition) is 1. The number of aliphatic imine (C=N–C) groups is 1. The van der Waals surface area contributed by atoms with Crippen molar-refractivity contribution >= 4 is 44.6 Å². The predicted molar refractivity (Wildman–Crippen MR) is 108 cm³/mol. The number of fused-ring (bicyclic) bond motifs is 1. The molecule has 29 heavy (non-hydrogen) atoms. The largest absolute Gasteiger partial charge is 0.433 e. The molecular weight excluding hydrogens is 425 g/mol. The van der Waals surface area contributed by atoms with Crippen molar-refractivity contribution in [1.82, 2.24) is 14.8 Å². The van der Waals surface area contributed by atoms with Crippen LogP contribution in [0.25, 0.3) is 15.3 Å². The molecule has 10 heteroatoms. The maximum Gasteiger partial charge on any atom is 0.433 e. The van der Waals surface area contributed by atoms with Crippen LogP contribution < -0.4 is 5.56 Å². The molecule has 4 aromatic rings. The van der Waals surface area contributed by atoms with E-state index in [-0.39, 0.29) is 10.8 Å². The summed E-state index contributed by atoms with van der Waals surface area (Å²) in [5, 5.41) is 2.76. The van der Waals surface area contributed by atoms with E-state index in [1.165, 1.54) is 6.92 Å². The Morgan fingerprint density at radius 3 is 2.52 bits per heavy atom. The Balaban J connectivity index is 1.89. The van der Waals surface area contributed by atoms with E-state index in [0.717, 1.165) is 20.7 Å². The van der Waals surface area contributed by atoms with Gasteiger partial charge in [-0.15, -0.1) is 0 Å². The molecule has 0 amide bonds. The lowest BCUT2D eigenvalue weighted by molar-refractivity contribution is -0.141. The predicted octanol–water partition coefficient (Wildman–Crippen LogP) is 5.59. The summed E-state index contributed by atoms with van der Waals surface area (Å²) in [6, 6.07) is 13.3. The maximum atomic E-state index is 13.6. The number of thiazole rings is 1. The Morgan fingerprint density at radius 2 is 1.86 bits per heavy atom. The van der Waals surface area contributed by atoms with E-state index < -0.39 is 23.0 Å². The summed E-state index contributed by atoms with van der Waals surface area (Å²) in [5.74, 6) is 0. The average Bonchev–Trinajstić information content (AvgIpc) is 3.24. The summed E-state index contributed by atoms with van der Waals surface area (Å²) in [7, 11) is 0. The summed E-state index contributed by atoms with van der Waals surface area (Å²) in [6.07, 6.45) is -4.77. The molecule has 0 aliphatic heterocycles. The van der Waals surface area contributed by atoms with E-state index in [4.69, 9.17) is 11.6 Å². The van der Waals surface area contributed by atoms with E-state index >= 15 is 0 Å². The highest BCUT2D eigenvalue weighted by molar-refractivity contribution is 7.20. The molecule has 0 bridgehead atoms. The minimum atomic E-state index is -4.77. The highest BCUT2D eigenvalue weighted by atomic mass is 35.5. The van der Waals surface area contributed by atoms with Gasteiger partial charge in [0.15, 0.2) is 5.69 Å². The molecule has 4 rings (SSSR count). The molecule has 0 saturated carbocycles. The third kappa shape index (κ3) is 3.70. The van der Waals surface area contributed by atoms with Gasteiger partial charge in [-0.25, -0.2) is 4.98 Å². The molecule has 0 saturated heterocycles. The van der Waals surface area contributed by atoms with Gasteiger partial charge in [-0.2, -0.15) is 17.9 Å². The van der Waals surface area contributed by atoms with Gasteiger partial charge in [0.2, 0.25) is 5.13 Å². The zero-order valence-electron chi connectivity index (χ0n) is 14.8. The zero-order valence-corrected chi connectivity index (χ0v) is 16.4. The van der Waals surface area contributed by atoms with Crippen LogP contribution in [-0.4, -0.2) is 20.5 Å². The minimum absolute atomic E-state index is 0.0687. The Labute approximate surface area is 171 Å². The quantitative estimate of drug-likeness (QED) is 0.425. The Hall–Kier alpha value is -2.91. The lowest BCUT2D eigenvalue weighted by Crippen LogP contribution is -2.20. The first-order valence-corrected chi connectivity index (χ1v) is 9.53. The van der Waals surface area contributed by atoms with Gasteiger partial charge in [0.25, 0.3) is 5.56 Å². The van der Waals surface area contributed by atoms with Crippen molar-refractivity contribution < 1.29 is 13.2 Å². The average molecular weight is 437 g/mol. The molecule has 0 aliphatic rings. The molecule has 2 heterocycles. The molecule has 0 fully saturated rings. The molecule has 148 valence electrons. The normalized spacial score (nSPS) is 12.7. The third-order valence-electron chi connectivity index (χ3n) is 4.13. The van der Waals surface area contributed by atoms with Crippen LogP contribution in [0.2, 0.25) is 5.02 Å². The van der Waals surface area contributed by atoms with Gasteiger partial charge < -0.3 is 0 Å². The Morgan fingerprint density at radius 1 is 1.17 bits per heavy atom. The summed E-state index contributed by atoms with van der Waals surface area (Å²) in [5.41, 5.74) is -1.68. The fourth-order valence-electron chi connectivity index (χ4n) is 2.83. The SMILES string of the molecule is CC(=Nc1ccc(Cl)cc1)c1c(C(F)(F)F)[nH]n(-c2nc3ccccc3s2)c1=O. The summed E-state index contributed by atoms with van der Waals surface area (Å²) < 4.78 is 42.5. The van der Waals surface area contributed by atoms with Crippen molar-refractivity contribution in [1.29, 1.82) is 0 Å². The molecule has 0 unspecified atom stereocenters. The minimum Gasteiger partial charge on any atom is -0.284 e. The molecule has 5 nitrogen and oxygen atoms in total. The van der Waals surface area contributed by atoms with Gasteiger partial charge in [-0.3, -0.25) is 14.9 Å². The second-order valence-electron chi connectivity index (χ2n) is 6.14. The lowest BCUT2D eigenvalue weighted by atomic mass is 10.1. The number of halogens is 4. The second kappa shape index (κ2) is 7.16. The topological polar surface area (TPSA) is 63.0 Å². The van der Waals surface area contributed by atoms with Gasteiger partial charge in [-0.05, 0) is 43.3 Å². The maximum absolute atomic E-state index is 13.6. The van der Waals surface area contributed by atoms with Crippen molar-refractivity contribution in [3.63, 3.8) is 0 Å². The van der Waals surface area contributed by atoms with Crippen LogP contribution >= 0.6 is 22.9 Å². The molecule has 0 radical (unpaired) electrons. The van der Waals surface area contributed by atoms with Gasteiger partial charge in [0, 0.05) is 5.02 Å². The fourth-order valence-corrected chi connectivity index (χ4v) is 3.88. The van der Waals surface area contributed by atoms with Crippen LogP contribution in [0.3, 0.4) is 0 Å².